The van der Waals surface area contributed by atoms with Gasteiger partial charge in [-0.2, -0.15) is 8.78 Å². The van der Waals surface area contributed by atoms with Crippen LogP contribution in [0.15, 0.2) is 16.3 Å². The summed E-state index contributed by atoms with van der Waals surface area (Å²) in [7, 11) is 0.785. The minimum absolute atomic E-state index is 0.179. The molecule has 1 aromatic heterocycles. The predicted octanol–water partition coefficient (Wildman–Crippen LogP) is 2.03. The van der Waals surface area contributed by atoms with Gasteiger partial charge in [-0.15, -0.1) is 11.3 Å². The van der Waals surface area contributed by atoms with Gasteiger partial charge >= 0.3 is 5.92 Å². The molecule has 1 rings (SSSR count). The molecule has 1 aromatic rings. The Bertz CT molecular complexity index is 593. The van der Waals surface area contributed by atoms with E-state index in [2.05, 4.69) is 0 Å². The second-order valence-corrected chi connectivity index (χ2v) is 6.89. The summed E-state index contributed by atoms with van der Waals surface area (Å²) in [4.78, 5) is 21.1. The van der Waals surface area contributed by atoms with Crippen molar-refractivity contribution in [3.05, 3.63) is 17.0 Å². The van der Waals surface area contributed by atoms with Gasteiger partial charge in [0.1, 0.15) is 4.21 Å². The van der Waals surface area contributed by atoms with E-state index < -0.39 is 42.3 Å². The highest BCUT2D eigenvalue weighted by Crippen LogP contribution is 2.30. The predicted molar refractivity (Wildman–Crippen MR) is 57.6 cm³/mol. The lowest BCUT2D eigenvalue weighted by molar-refractivity contribution is -0.137. The molecular formula is C8H4ClF3O4S2. The highest BCUT2D eigenvalue weighted by molar-refractivity contribution is 8.15. The number of alkyl halides is 3. The van der Waals surface area contributed by atoms with Crippen molar-refractivity contribution in [2.75, 3.05) is 6.67 Å². The molecule has 0 aliphatic heterocycles. The van der Waals surface area contributed by atoms with Crippen LogP contribution >= 0.6 is 22.0 Å². The first-order valence-electron chi connectivity index (χ1n) is 4.17. The molecule has 0 saturated carbocycles. The molecule has 0 radical (unpaired) electrons. The topological polar surface area (TPSA) is 68.3 Å². The molecular weight excluding hydrogens is 317 g/mol. The van der Waals surface area contributed by atoms with E-state index in [1.165, 1.54) is 0 Å². The van der Waals surface area contributed by atoms with E-state index in [0.29, 0.717) is 0 Å². The van der Waals surface area contributed by atoms with Gasteiger partial charge in [0, 0.05) is 10.7 Å². The minimum Gasteiger partial charge on any atom is -0.289 e. The van der Waals surface area contributed by atoms with Crippen LogP contribution in [-0.2, 0) is 13.8 Å². The molecule has 0 aliphatic carbocycles. The average molecular weight is 321 g/mol. The van der Waals surface area contributed by atoms with Crippen molar-refractivity contribution in [3.8, 4) is 0 Å². The third kappa shape index (κ3) is 2.90. The van der Waals surface area contributed by atoms with Crippen LogP contribution in [0.1, 0.15) is 9.67 Å². The molecule has 0 spiro atoms. The standard InChI is InChI=1S/C8H4ClF3O4S2/c9-18(15,16)6-2-1-4(17-6)7(14)8(11,12)5(13)3-10/h1-2H,3H2. The number of rotatable bonds is 5. The summed E-state index contributed by atoms with van der Waals surface area (Å²) in [5.41, 5.74) is 0. The molecule has 0 atom stereocenters. The maximum Gasteiger partial charge on any atom is 0.370 e. The normalized spacial score (nSPS) is 12.4. The molecule has 10 heteroatoms. The molecule has 0 fully saturated rings. The molecule has 0 saturated heterocycles. The number of halogens is 4. The van der Waals surface area contributed by atoms with Crippen molar-refractivity contribution in [1.82, 2.24) is 0 Å². The number of ketones is 2. The maximum atomic E-state index is 13.1. The van der Waals surface area contributed by atoms with Gasteiger partial charge in [0.25, 0.3) is 9.05 Å². The summed E-state index contributed by atoms with van der Waals surface area (Å²) >= 11 is 0.179. The molecule has 100 valence electrons. The Morgan fingerprint density at radius 3 is 2.28 bits per heavy atom. The Labute approximate surface area is 108 Å². The molecule has 0 unspecified atom stereocenters. The monoisotopic (exact) mass is 320 g/mol. The van der Waals surface area contributed by atoms with Crippen LogP contribution in [-0.4, -0.2) is 32.6 Å². The smallest absolute Gasteiger partial charge is 0.289 e. The zero-order chi connectivity index (χ0) is 14.1. The lowest BCUT2D eigenvalue weighted by atomic mass is 10.1. The fraction of sp³-hybridized carbons (Fsp3) is 0.250. The minimum atomic E-state index is -4.52. The summed E-state index contributed by atoms with van der Waals surface area (Å²) in [6, 6.07) is 1.62. The average Bonchev–Trinajstić information content (AvgIpc) is 2.75. The molecule has 0 N–H and O–H groups in total. The number of hydrogen-bond acceptors (Lipinski definition) is 5. The Morgan fingerprint density at radius 2 is 1.89 bits per heavy atom. The van der Waals surface area contributed by atoms with Gasteiger partial charge in [0.05, 0.1) is 4.88 Å². The Hall–Kier alpha value is -0.930. The second-order valence-electron chi connectivity index (χ2n) is 3.02. The molecule has 0 aliphatic rings. The zero-order valence-corrected chi connectivity index (χ0v) is 10.7. The van der Waals surface area contributed by atoms with Gasteiger partial charge < -0.3 is 0 Å². The van der Waals surface area contributed by atoms with Gasteiger partial charge in [0.2, 0.25) is 11.6 Å². The number of carbonyl (C=O) groups excluding carboxylic acids is 2. The largest absolute Gasteiger partial charge is 0.370 e. The van der Waals surface area contributed by atoms with Crippen LogP contribution < -0.4 is 0 Å². The highest BCUT2D eigenvalue weighted by Gasteiger charge is 2.47. The third-order valence-electron chi connectivity index (χ3n) is 1.80. The summed E-state index contributed by atoms with van der Waals surface area (Å²) in [5, 5.41) is 0. The van der Waals surface area contributed by atoms with E-state index in [0.717, 1.165) is 12.1 Å². The van der Waals surface area contributed by atoms with Crippen molar-refractivity contribution in [3.63, 3.8) is 0 Å². The lowest BCUT2D eigenvalue weighted by Crippen LogP contribution is -2.38. The fourth-order valence-electron chi connectivity index (χ4n) is 0.938. The molecule has 0 bridgehead atoms. The van der Waals surface area contributed by atoms with Crippen LogP contribution in [0.3, 0.4) is 0 Å². The van der Waals surface area contributed by atoms with E-state index in [1.54, 1.807) is 0 Å². The number of carbonyl (C=O) groups is 2. The number of thiophene rings is 1. The van der Waals surface area contributed by atoms with Crippen LogP contribution in [0.5, 0.6) is 0 Å². The van der Waals surface area contributed by atoms with Gasteiger partial charge in [-0.05, 0) is 12.1 Å². The summed E-state index contributed by atoms with van der Waals surface area (Å²) in [6.45, 7) is -2.00. The van der Waals surface area contributed by atoms with Crippen molar-refractivity contribution in [1.29, 1.82) is 0 Å². The highest BCUT2D eigenvalue weighted by atomic mass is 35.7. The first kappa shape index (κ1) is 15.1. The summed E-state index contributed by atoms with van der Waals surface area (Å²) < 4.78 is 59.2. The van der Waals surface area contributed by atoms with E-state index in [-0.39, 0.29) is 11.3 Å². The second kappa shape index (κ2) is 4.98. The van der Waals surface area contributed by atoms with Crippen LogP contribution in [0, 0.1) is 0 Å². The van der Waals surface area contributed by atoms with Crippen LogP contribution in [0.25, 0.3) is 0 Å². The first-order chi connectivity index (χ1) is 8.10. The Balaban J connectivity index is 3.13. The fourth-order valence-corrected chi connectivity index (χ4v) is 2.98. The van der Waals surface area contributed by atoms with Crippen molar-refractivity contribution >= 4 is 42.6 Å². The number of hydrogen-bond donors (Lipinski definition) is 0. The van der Waals surface area contributed by atoms with Gasteiger partial charge in [0.15, 0.2) is 6.67 Å². The van der Waals surface area contributed by atoms with Crippen molar-refractivity contribution in [2.45, 2.75) is 10.1 Å². The SMILES string of the molecule is O=C(CF)C(F)(F)C(=O)c1ccc(S(=O)(=O)Cl)s1. The van der Waals surface area contributed by atoms with Crippen molar-refractivity contribution < 1.29 is 31.2 Å². The molecule has 0 aromatic carbocycles. The third-order valence-corrected chi connectivity index (χ3v) is 4.98. The molecule has 1 heterocycles. The van der Waals surface area contributed by atoms with Gasteiger partial charge in [-0.1, -0.05) is 0 Å². The van der Waals surface area contributed by atoms with Crippen LogP contribution in [0.2, 0.25) is 0 Å². The van der Waals surface area contributed by atoms with Crippen molar-refractivity contribution in [2.24, 2.45) is 0 Å². The molecule has 0 amide bonds. The Morgan fingerprint density at radius 1 is 1.33 bits per heavy atom. The lowest BCUT2D eigenvalue weighted by Gasteiger charge is -2.09. The maximum absolute atomic E-state index is 13.1. The van der Waals surface area contributed by atoms with Gasteiger partial charge in [-0.25, -0.2) is 12.8 Å². The summed E-state index contributed by atoms with van der Waals surface area (Å²) in [5.74, 6) is -8.66. The van der Waals surface area contributed by atoms with E-state index >= 15 is 0 Å². The first-order valence-corrected chi connectivity index (χ1v) is 7.29. The van der Waals surface area contributed by atoms with E-state index in [9.17, 15) is 31.2 Å². The molecule has 18 heavy (non-hydrogen) atoms. The van der Waals surface area contributed by atoms with E-state index in [1.807, 2.05) is 0 Å². The van der Waals surface area contributed by atoms with Gasteiger partial charge in [-0.3, -0.25) is 9.59 Å². The number of Topliss-reactive ketones (excluding diaryl/α,β-unsaturated/α-hetero) is 2. The zero-order valence-electron chi connectivity index (χ0n) is 8.32. The quantitative estimate of drug-likeness (QED) is 0.473. The summed E-state index contributed by atoms with van der Waals surface area (Å²) in [6.07, 6.45) is 0. The van der Waals surface area contributed by atoms with E-state index in [4.69, 9.17) is 10.7 Å². The van der Waals surface area contributed by atoms with Crippen LogP contribution in [0.4, 0.5) is 13.2 Å². The Kier molecular flexibility index (Phi) is 4.19. The molecule has 4 nitrogen and oxygen atoms in total.